The van der Waals surface area contributed by atoms with Crippen molar-refractivity contribution in [1.82, 2.24) is 39.0 Å². The summed E-state index contributed by atoms with van der Waals surface area (Å²) in [6.07, 6.45) is 12.5. The number of ether oxygens (including phenoxy) is 2. The number of alkyl halides is 7. The summed E-state index contributed by atoms with van der Waals surface area (Å²) in [7, 11) is -1.00. The van der Waals surface area contributed by atoms with E-state index in [0.717, 1.165) is 5.52 Å². The molecular weight excluding hydrogens is 982 g/mol. The van der Waals surface area contributed by atoms with Gasteiger partial charge >= 0.3 is 17.1 Å². The number of hydrogen-bond acceptors (Lipinski definition) is 13. The highest BCUT2D eigenvalue weighted by molar-refractivity contribution is 6.21. The van der Waals surface area contributed by atoms with Crippen LogP contribution in [0.4, 0.5) is 33.3 Å². The van der Waals surface area contributed by atoms with Gasteiger partial charge in [-0.15, -0.1) is 17.6 Å². The van der Waals surface area contributed by atoms with Crippen molar-refractivity contribution < 1.29 is 57.7 Å². The molecule has 0 saturated heterocycles. The van der Waals surface area contributed by atoms with Crippen LogP contribution in [0.5, 0.6) is 11.5 Å². The first kappa shape index (κ1) is 52.8. The molecule has 8 aromatic rings. The Morgan fingerprint density at radius 2 is 1.07 bits per heavy atom. The lowest BCUT2D eigenvalue weighted by Crippen LogP contribution is -2.29. The zero-order valence-electron chi connectivity index (χ0n) is 38.9. The largest absolute Gasteiger partial charge is 0.487 e. The molecule has 0 spiro atoms. The smallest absolute Gasteiger partial charge is 0.478 e. The summed E-state index contributed by atoms with van der Waals surface area (Å²) >= 11 is 9.29. The topological polar surface area (TPSA) is 239 Å². The quantitative estimate of drug-likeness (QED) is 0.0411. The van der Waals surface area contributed by atoms with Gasteiger partial charge in [-0.25, -0.2) is 34.7 Å². The maximum Gasteiger partial charge on any atom is 0.487 e. The number of benzene rings is 4. The van der Waals surface area contributed by atoms with E-state index in [1.807, 2.05) is 36.8 Å². The standard InChI is InChI=1S/C23H20ClF2N5O3.C16H16N4O3.C7H6ClF2NO.CH3F/c1-22(2,11-32)31-13-29-19-8-14(7-18(20(19)31)15-9-27-12-28-10-15)21(33)30-16-3-5-17(6-4-16)34-23(24,25)26;1-16(2,7-21)20-9-19-13-4-10(15(22)23)3-12(14(13)20)11-5-17-8-18-6-11;8-7(9,10)12-6-3-1-5(11)2-4-6;1-2/h3-10,12-13,32H,11H2,1-2H3,(H,30,33);3-6,8-9,21H,7H2,1-2H3,(H,22,23);1-4H,11H2;1H3/i;;;1D. The van der Waals surface area contributed by atoms with Gasteiger partial charge in [0.05, 0.1) is 73.1 Å². The molecule has 71 heavy (non-hydrogen) atoms. The highest BCUT2D eigenvalue weighted by atomic mass is 35.5. The van der Waals surface area contributed by atoms with Gasteiger partial charge in [-0.3, -0.25) is 9.18 Å². The fourth-order valence-corrected chi connectivity index (χ4v) is 6.73. The van der Waals surface area contributed by atoms with Gasteiger partial charge in [0.15, 0.2) is 0 Å². The molecule has 24 heteroatoms. The molecule has 0 saturated carbocycles. The summed E-state index contributed by atoms with van der Waals surface area (Å²) in [5, 5.41) is 31.6. The number of hydrogen-bond donors (Lipinski definition) is 5. The highest BCUT2D eigenvalue weighted by Gasteiger charge is 2.29. The number of fused-ring (bicyclic) bond motifs is 2. The Balaban J connectivity index is 0.000000217. The summed E-state index contributed by atoms with van der Waals surface area (Å²) in [6, 6.07) is 17.3. The first-order valence-electron chi connectivity index (χ1n) is 21.2. The number of aliphatic hydroxyl groups excluding tert-OH is 2. The summed E-state index contributed by atoms with van der Waals surface area (Å²) in [4.78, 5) is 49.3. The van der Waals surface area contributed by atoms with E-state index >= 15 is 0 Å². The predicted octanol–water partition coefficient (Wildman–Crippen LogP) is 9.58. The minimum atomic E-state index is -3.83. The molecule has 1 amide bonds. The Bertz CT molecular complexity index is 3070. The van der Waals surface area contributed by atoms with Gasteiger partial charge in [-0.2, -0.15) is 0 Å². The van der Waals surface area contributed by atoms with Crippen molar-refractivity contribution in [1.29, 1.82) is 0 Å². The van der Waals surface area contributed by atoms with Gasteiger partial charge < -0.3 is 45.0 Å². The number of nitrogen functional groups attached to an aromatic ring is 1. The first-order chi connectivity index (χ1) is 33.9. The monoisotopic (exact) mass is 1030 g/mol. The molecular formula is C47H45Cl2F5N10O7. The molecule has 0 unspecified atom stereocenters. The molecule has 4 heterocycles. The lowest BCUT2D eigenvalue weighted by Gasteiger charge is -2.25. The SMILES string of the molecule is CC(C)(CO)n1cnc2cc(C(=O)Nc3ccc(OC(F)(F)Cl)cc3)cc(-c3cncnc3)c21.CC(C)(CO)n1cnc2cc(C(=O)O)cc(-c3cncnc3)c21.Nc1ccc(OC(F)(F)Cl)cc1.[2H]CF. The fraction of sp³-hybridized carbons (Fsp3) is 0.234. The normalized spacial score (nSPS) is 11.8. The average Bonchev–Trinajstić information content (AvgIpc) is 3.99. The summed E-state index contributed by atoms with van der Waals surface area (Å²) < 4.78 is 77.1. The van der Waals surface area contributed by atoms with E-state index in [0.29, 0.717) is 55.7 Å². The molecule has 0 atom stereocenters. The molecule has 4 aromatic heterocycles. The van der Waals surface area contributed by atoms with Gasteiger partial charge in [0.25, 0.3) is 5.91 Å². The number of carboxylic acid groups (broad SMARTS) is 1. The number of carbonyl (C=O) groups excluding carboxylic acids is 1. The Morgan fingerprint density at radius 3 is 1.45 bits per heavy atom. The Labute approximate surface area is 413 Å². The molecule has 0 radical (unpaired) electrons. The number of nitrogens with zero attached hydrogens (tertiary/aromatic N) is 8. The van der Waals surface area contributed by atoms with Gasteiger partial charge in [0, 0.05) is 87.2 Å². The number of amides is 1. The molecule has 374 valence electrons. The van der Waals surface area contributed by atoms with Gasteiger partial charge in [0.2, 0.25) is 0 Å². The minimum Gasteiger partial charge on any atom is -0.478 e. The van der Waals surface area contributed by atoms with Crippen LogP contribution in [0.25, 0.3) is 44.3 Å². The molecule has 4 aromatic carbocycles. The molecule has 8 rings (SSSR count). The van der Waals surface area contributed by atoms with Crippen molar-refractivity contribution in [2.24, 2.45) is 0 Å². The van der Waals surface area contributed by atoms with Crippen molar-refractivity contribution in [3.63, 3.8) is 0 Å². The van der Waals surface area contributed by atoms with Crippen LogP contribution in [0, 0.1) is 0 Å². The number of carbonyl (C=O) groups is 2. The predicted molar refractivity (Wildman–Crippen MR) is 256 cm³/mol. The van der Waals surface area contributed by atoms with E-state index in [1.165, 1.54) is 67.3 Å². The summed E-state index contributed by atoms with van der Waals surface area (Å²) in [6.45, 7) is 7.29. The number of imidazole rings is 2. The lowest BCUT2D eigenvalue weighted by molar-refractivity contribution is -0.0972. The van der Waals surface area contributed by atoms with Gasteiger partial charge in [-0.05, 0) is 100 Å². The number of carboxylic acids is 1. The van der Waals surface area contributed by atoms with Crippen LogP contribution in [0.3, 0.4) is 0 Å². The second-order valence-electron chi connectivity index (χ2n) is 16.2. The van der Waals surface area contributed by atoms with Crippen molar-refractivity contribution in [2.75, 3.05) is 31.4 Å². The third kappa shape index (κ3) is 14.3. The maximum atomic E-state index is 13.0. The zero-order chi connectivity index (χ0) is 53.0. The van der Waals surface area contributed by atoms with E-state index in [1.54, 1.807) is 55.6 Å². The van der Waals surface area contributed by atoms with Crippen LogP contribution < -0.4 is 20.5 Å². The zero-order valence-corrected chi connectivity index (χ0v) is 39.5. The lowest BCUT2D eigenvalue weighted by atomic mass is 10.0. The molecule has 0 aliphatic rings. The maximum absolute atomic E-state index is 13.0. The van der Waals surface area contributed by atoms with E-state index in [-0.39, 0.29) is 30.3 Å². The number of aliphatic hydroxyl groups is 2. The molecule has 0 fully saturated rings. The molecule has 0 aliphatic carbocycles. The van der Waals surface area contributed by atoms with Gasteiger partial charge in [0.1, 0.15) is 24.2 Å². The highest BCUT2D eigenvalue weighted by Crippen LogP contribution is 2.35. The number of nitrogens with two attached hydrogens (primary N) is 1. The van der Waals surface area contributed by atoms with E-state index < -0.39 is 41.2 Å². The second-order valence-corrected chi connectivity index (χ2v) is 17.0. The van der Waals surface area contributed by atoms with Crippen molar-refractivity contribution >= 4 is 68.5 Å². The third-order valence-corrected chi connectivity index (χ3v) is 10.2. The van der Waals surface area contributed by atoms with Crippen molar-refractivity contribution in [2.45, 2.75) is 49.9 Å². The first-order valence-corrected chi connectivity index (χ1v) is 21.3. The molecule has 0 aliphatic heterocycles. The number of nitrogens with one attached hydrogen (secondary N) is 1. The second kappa shape index (κ2) is 22.9. The van der Waals surface area contributed by atoms with Crippen molar-refractivity contribution in [3.05, 3.63) is 134 Å². The number of anilines is 2. The van der Waals surface area contributed by atoms with Crippen LogP contribution in [0.2, 0.25) is 0 Å². The Hall–Kier alpha value is -7.53. The van der Waals surface area contributed by atoms with Gasteiger partial charge in [-0.1, -0.05) is 0 Å². The molecule has 0 bridgehead atoms. The fourth-order valence-electron chi connectivity index (χ4n) is 6.55. The van der Waals surface area contributed by atoms with E-state index in [4.69, 9.17) is 18.7 Å². The molecule has 6 N–H and O–H groups in total. The number of rotatable bonds is 13. The number of aromatic carboxylic acids is 1. The Morgan fingerprint density at radius 1 is 0.690 bits per heavy atom. The van der Waals surface area contributed by atoms with E-state index in [9.17, 15) is 46.9 Å². The van der Waals surface area contributed by atoms with Crippen LogP contribution >= 0.6 is 23.2 Å². The number of halogens is 7. The average molecular weight is 1030 g/mol. The van der Waals surface area contributed by atoms with E-state index in [2.05, 4.69) is 56.3 Å². The summed E-state index contributed by atoms with van der Waals surface area (Å²) in [5.41, 5.74) is 3.12. The van der Waals surface area contributed by atoms with Crippen LogP contribution in [-0.4, -0.2) is 97.7 Å². The third-order valence-electron chi connectivity index (χ3n) is 10.1. The van der Waals surface area contributed by atoms with Crippen LogP contribution in [-0.2, 0) is 11.1 Å². The van der Waals surface area contributed by atoms with Crippen LogP contribution in [0.1, 0.15) is 49.8 Å². The molecule has 17 nitrogen and oxygen atoms in total. The summed E-state index contributed by atoms with van der Waals surface area (Å²) in [5.74, 6) is -1.64. The van der Waals surface area contributed by atoms with Crippen molar-refractivity contribution in [3.8, 4) is 33.8 Å². The van der Waals surface area contributed by atoms with Crippen LogP contribution in [0.15, 0.2) is 123 Å². The Kier molecular flexibility index (Phi) is 17.1. The minimum absolute atomic E-state index is 0.0239. The number of aromatic nitrogens is 8.